The quantitative estimate of drug-likeness (QED) is 0.822. The molecule has 0 atom stereocenters. The lowest BCUT2D eigenvalue weighted by Gasteiger charge is -2.07. The van der Waals surface area contributed by atoms with Crippen LogP contribution in [0.3, 0.4) is 0 Å². The van der Waals surface area contributed by atoms with Gasteiger partial charge in [-0.15, -0.1) is 0 Å². The fourth-order valence-corrected chi connectivity index (χ4v) is 1.67. The Kier molecular flexibility index (Phi) is 3.60. The Bertz CT molecular complexity index is 722. The minimum atomic E-state index is -1.13. The molecule has 0 radical (unpaired) electrons. The van der Waals surface area contributed by atoms with E-state index in [9.17, 15) is 14.4 Å². The number of hydrogen-bond acceptors (Lipinski definition) is 5. The van der Waals surface area contributed by atoms with Crippen molar-refractivity contribution in [3.05, 3.63) is 58.1 Å². The molecule has 0 saturated heterocycles. The van der Waals surface area contributed by atoms with Crippen LogP contribution in [0.5, 0.6) is 0 Å². The highest BCUT2D eigenvalue weighted by molar-refractivity contribution is 5.95. The smallest absolute Gasteiger partial charge is 0.356 e. The van der Waals surface area contributed by atoms with E-state index < -0.39 is 24.0 Å². The molecule has 20 heavy (non-hydrogen) atoms. The molecule has 0 amide bonds. The Labute approximate surface area is 113 Å². The maximum Gasteiger partial charge on any atom is 0.356 e. The molecule has 2 aromatic rings. The summed E-state index contributed by atoms with van der Waals surface area (Å²) in [5.41, 5.74) is 5.04. The second-order valence-corrected chi connectivity index (χ2v) is 4.05. The fraction of sp³-hybridized carbons (Fsp3) is 0.0769. The van der Waals surface area contributed by atoms with Crippen molar-refractivity contribution in [1.29, 1.82) is 0 Å². The lowest BCUT2D eigenvalue weighted by atomic mass is 10.2. The van der Waals surface area contributed by atoms with Crippen LogP contribution >= 0.6 is 0 Å². The first-order valence-corrected chi connectivity index (χ1v) is 5.68. The van der Waals surface area contributed by atoms with Crippen LogP contribution in [-0.4, -0.2) is 26.5 Å². The first kappa shape index (κ1) is 13.5. The third-order valence-electron chi connectivity index (χ3n) is 2.62. The van der Waals surface area contributed by atoms with E-state index in [1.807, 2.05) is 0 Å². The number of benzene rings is 1. The molecule has 102 valence electrons. The van der Waals surface area contributed by atoms with Crippen LogP contribution in [0.1, 0.15) is 15.9 Å². The van der Waals surface area contributed by atoms with Gasteiger partial charge in [0.2, 0.25) is 0 Å². The average molecular weight is 273 g/mol. The van der Waals surface area contributed by atoms with Gasteiger partial charge in [-0.25, -0.2) is 9.36 Å². The zero-order chi connectivity index (χ0) is 14.7. The standard InChI is InChI=1S/C13H11N3O4/c14-11-9(6-10(17)18)7-16(13(20)15-11)12(19)8-4-2-1-3-5-8/h1-5,7H,6H2,(H,17,18)(H2,14,15,20). The van der Waals surface area contributed by atoms with Gasteiger partial charge < -0.3 is 10.8 Å². The third kappa shape index (κ3) is 2.72. The summed E-state index contributed by atoms with van der Waals surface area (Å²) >= 11 is 0. The summed E-state index contributed by atoms with van der Waals surface area (Å²) in [5.74, 6) is -1.90. The molecule has 0 unspecified atom stereocenters. The summed E-state index contributed by atoms with van der Waals surface area (Å²) in [6.45, 7) is 0. The minimum Gasteiger partial charge on any atom is -0.481 e. The Hall–Kier alpha value is -2.96. The molecule has 0 bridgehead atoms. The van der Waals surface area contributed by atoms with Crippen molar-refractivity contribution in [2.75, 3.05) is 5.73 Å². The minimum absolute atomic E-state index is 0.112. The number of aromatic nitrogens is 2. The summed E-state index contributed by atoms with van der Waals surface area (Å²) in [5, 5.41) is 8.75. The third-order valence-corrected chi connectivity index (χ3v) is 2.62. The molecule has 0 aliphatic rings. The highest BCUT2D eigenvalue weighted by Gasteiger charge is 2.15. The predicted molar refractivity (Wildman–Crippen MR) is 70.4 cm³/mol. The van der Waals surface area contributed by atoms with Crippen LogP contribution in [0.4, 0.5) is 5.82 Å². The number of nitrogens with two attached hydrogens (primary N) is 1. The van der Waals surface area contributed by atoms with Crippen molar-refractivity contribution < 1.29 is 14.7 Å². The molecule has 0 saturated carbocycles. The van der Waals surface area contributed by atoms with Crippen molar-refractivity contribution in [2.45, 2.75) is 6.42 Å². The highest BCUT2D eigenvalue weighted by atomic mass is 16.4. The number of anilines is 1. The van der Waals surface area contributed by atoms with Gasteiger partial charge in [0.1, 0.15) is 5.82 Å². The van der Waals surface area contributed by atoms with Crippen molar-refractivity contribution in [1.82, 2.24) is 9.55 Å². The largest absolute Gasteiger partial charge is 0.481 e. The number of carboxylic acid groups (broad SMARTS) is 1. The Morgan fingerprint density at radius 3 is 2.50 bits per heavy atom. The van der Waals surface area contributed by atoms with Gasteiger partial charge in [0.05, 0.1) is 6.42 Å². The maximum absolute atomic E-state index is 12.2. The van der Waals surface area contributed by atoms with Gasteiger partial charge in [-0.2, -0.15) is 4.98 Å². The summed E-state index contributed by atoms with van der Waals surface area (Å²) in [6.07, 6.45) is 0.704. The number of rotatable bonds is 3. The van der Waals surface area contributed by atoms with E-state index in [-0.39, 0.29) is 11.4 Å². The molecular formula is C13H11N3O4. The average Bonchev–Trinajstić information content (AvgIpc) is 2.41. The molecule has 0 aliphatic heterocycles. The second-order valence-electron chi connectivity index (χ2n) is 4.05. The monoisotopic (exact) mass is 273 g/mol. The number of hydrogen-bond donors (Lipinski definition) is 2. The molecule has 1 heterocycles. The second kappa shape index (κ2) is 5.35. The van der Waals surface area contributed by atoms with Crippen molar-refractivity contribution in [2.24, 2.45) is 0 Å². The highest BCUT2D eigenvalue weighted by Crippen LogP contribution is 2.08. The predicted octanol–water partition coefficient (Wildman–Crippen LogP) is 0.141. The van der Waals surface area contributed by atoms with Crippen molar-refractivity contribution in [3.63, 3.8) is 0 Å². The van der Waals surface area contributed by atoms with Gasteiger partial charge in [0.15, 0.2) is 0 Å². The van der Waals surface area contributed by atoms with Gasteiger partial charge in [-0.1, -0.05) is 18.2 Å². The van der Waals surface area contributed by atoms with Crippen LogP contribution in [0.2, 0.25) is 0 Å². The summed E-state index contributed by atoms with van der Waals surface area (Å²) < 4.78 is 0.754. The number of carbonyl (C=O) groups is 2. The van der Waals surface area contributed by atoms with E-state index in [4.69, 9.17) is 10.8 Å². The van der Waals surface area contributed by atoms with E-state index in [1.54, 1.807) is 30.3 Å². The number of carbonyl (C=O) groups excluding carboxylic acids is 1. The van der Waals surface area contributed by atoms with E-state index in [0.717, 1.165) is 10.8 Å². The van der Waals surface area contributed by atoms with Gasteiger partial charge in [-0.3, -0.25) is 9.59 Å². The van der Waals surface area contributed by atoms with Crippen LogP contribution in [-0.2, 0) is 11.2 Å². The normalized spacial score (nSPS) is 10.2. The zero-order valence-electron chi connectivity index (χ0n) is 10.3. The first-order chi connectivity index (χ1) is 9.49. The Morgan fingerprint density at radius 2 is 1.90 bits per heavy atom. The number of aliphatic carboxylic acids is 1. The maximum atomic E-state index is 12.2. The molecule has 1 aromatic carbocycles. The summed E-state index contributed by atoms with van der Waals surface area (Å²) in [7, 11) is 0. The summed E-state index contributed by atoms with van der Waals surface area (Å²) in [4.78, 5) is 38.0. The number of nitrogens with zero attached hydrogens (tertiary/aromatic N) is 2. The molecule has 0 spiro atoms. The Balaban J connectivity index is 2.49. The van der Waals surface area contributed by atoms with E-state index in [1.165, 1.54) is 0 Å². The van der Waals surface area contributed by atoms with Crippen LogP contribution in [0.15, 0.2) is 41.3 Å². The summed E-state index contributed by atoms with van der Waals surface area (Å²) in [6, 6.07) is 8.13. The topological polar surface area (TPSA) is 115 Å². The molecule has 0 aliphatic carbocycles. The van der Waals surface area contributed by atoms with Crippen molar-refractivity contribution >= 4 is 17.7 Å². The SMILES string of the molecule is Nc1nc(=O)n(C(=O)c2ccccc2)cc1CC(=O)O. The molecular weight excluding hydrogens is 262 g/mol. The lowest BCUT2D eigenvalue weighted by Crippen LogP contribution is -2.31. The van der Waals surface area contributed by atoms with Crippen molar-refractivity contribution in [3.8, 4) is 0 Å². The molecule has 7 heteroatoms. The molecule has 3 N–H and O–H groups in total. The van der Waals surface area contributed by atoms with E-state index in [0.29, 0.717) is 5.56 Å². The molecule has 0 fully saturated rings. The fourth-order valence-electron chi connectivity index (χ4n) is 1.67. The molecule has 1 aromatic heterocycles. The number of carboxylic acids is 1. The first-order valence-electron chi connectivity index (χ1n) is 5.68. The molecule has 7 nitrogen and oxygen atoms in total. The van der Waals surface area contributed by atoms with Gasteiger partial charge >= 0.3 is 11.7 Å². The zero-order valence-corrected chi connectivity index (χ0v) is 10.3. The Morgan fingerprint density at radius 1 is 1.25 bits per heavy atom. The van der Waals surface area contributed by atoms with Gasteiger partial charge in [0.25, 0.3) is 5.91 Å². The van der Waals surface area contributed by atoms with E-state index >= 15 is 0 Å². The lowest BCUT2D eigenvalue weighted by molar-refractivity contribution is -0.136. The van der Waals surface area contributed by atoms with Gasteiger partial charge in [-0.05, 0) is 12.1 Å². The van der Waals surface area contributed by atoms with Gasteiger partial charge in [0, 0.05) is 17.3 Å². The van der Waals surface area contributed by atoms with Crippen LogP contribution in [0, 0.1) is 0 Å². The van der Waals surface area contributed by atoms with Crippen LogP contribution < -0.4 is 11.4 Å². The van der Waals surface area contributed by atoms with Crippen LogP contribution in [0.25, 0.3) is 0 Å². The number of nitrogen functional groups attached to an aromatic ring is 1. The molecule has 2 rings (SSSR count). The van der Waals surface area contributed by atoms with E-state index in [2.05, 4.69) is 4.98 Å².